The molecule has 0 aromatic heterocycles. The van der Waals surface area contributed by atoms with Gasteiger partial charge in [0.2, 0.25) is 0 Å². The molecule has 1 heterocycles. The maximum Gasteiger partial charge on any atom is 0.302 e. The fraction of sp³-hybridized carbons (Fsp3) is 0.938. The van der Waals surface area contributed by atoms with Crippen LogP contribution in [0.2, 0.25) is 18.1 Å². The minimum atomic E-state index is -1.87. The molecule has 0 N–H and O–H groups in total. The molecule has 4 atom stereocenters. The molecule has 1 saturated heterocycles. The Balaban J connectivity index is 2.72. The molecule has 1 aliphatic heterocycles. The molecule has 0 radical (unpaired) electrons. The van der Waals surface area contributed by atoms with E-state index in [1.165, 1.54) is 6.92 Å². The van der Waals surface area contributed by atoms with Crippen LogP contribution < -0.4 is 0 Å². The Morgan fingerprint density at radius 2 is 1.52 bits per heavy atom. The van der Waals surface area contributed by atoms with E-state index in [1.54, 1.807) is 14.2 Å². The minimum absolute atomic E-state index is 0.131. The third kappa shape index (κ3) is 5.25. The number of carbonyl (C=O) groups is 1. The van der Waals surface area contributed by atoms with Crippen LogP contribution in [0.4, 0.5) is 0 Å². The van der Waals surface area contributed by atoms with E-state index in [2.05, 4.69) is 33.9 Å². The Kier molecular flexibility index (Phi) is 7.22. The van der Waals surface area contributed by atoms with Crippen molar-refractivity contribution in [3.8, 4) is 0 Å². The smallest absolute Gasteiger partial charge is 0.302 e. The lowest BCUT2D eigenvalue weighted by Crippen LogP contribution is -2.45. The summed E-state index contributed by atoms with van der Waals surface area (Å²) in [6.07, 6.45) is -1.11. The monoisotopic (exact) mass is 348 g/mol. The van der Waals surface area contributed by atoms with Gasteiger partial charge in [0.25, 0.3) is 0 Å². The largest absolute Gasteiger partial charge is 0.463 e. The fourth-order valence-electron chi connectivity index (χ4n) is 2.35. The van der Waals surface area contributed by atoms with Crippen LogP contribution in [0.5, 0.6) is 0 Å². The van der Waals surface area contributed by atoms with Crippen molar-refractivity contribution >= 4 is 14.3 Å². The first kappa shape index (κ1) is 20.6. The highest BCUT2D eigenvalue weighted by atomic mass is 28.4. The number of ether oxygens (including phenoxy) is 4. The van der Waals surface area contributed by atoms with Gasteiger partial charge in [-0.15, -0.1) is 0 Å². The summed E-state index contributed by atoms with van der Waals surface area (Å²) in [4.78, 5) is 11.0. The van der Waals surface area contributed by atoms with Crippen LogP contribution in [-0.4, -0.2) is 66.1 Å². The Labute approximate surface area is 140 Å². The van der Waals surface area contributed by atoms with E-state index in [0.29, 0.717) is 6.61 Å². The molecule has 0 spiro atoms. The molecular weight excluding hydrogens is 316 g/mol. The van der Waals surface area contributed by atoms with Crippen molar-refractivity contribution in [1.29, 1.82) is 0 Å². The lowest BCUT2D eigenvalue weighted by atomic mass is 10.1. The van der Waals surface area contributed by atoms with E-state index >= 15 is 0 Å². The highest BCUT2D eigenvalue weighted by molar-refractivity contribution is 6.74. The van der Waals surface area contributed by atoms with Crippen LogP contribution in [-0.2, 0) is 28.2 Å². The van der Waals surface area contributed by atoms with Crippen molar-refractivity contribution in [3.63, 3.8) is 0 Å². The molecule has 0 saturated carbocycles. The molecule has 7 heteroatoms. The van der Waals surface area contributed by atoms with Crippen LogP contribution in [0, 0.1) is 0 Å². The van der Waals surface area contributed by atoms with Crippen molar-refractivity contribution in [3.05, 3.63) is 0 Å². The number of methoxy groups -OCH3 is 2. The van der Waals surface area contributed by atoms with Crippen LogP contribution in [0.1, 0.15) is 27.7 Å². The van der Waals surface area contributed by atoms with Crippen LogP contribution in [0.3, 0.4) is 0 Å². The zero-order valence-electron chi connectivity index (χ0n) is 15.7. The zero-order valence-corrected chi connectivity index (χ0v) is 16.7. The second-order valence-corrected chi connectivity index (χ2v) is 12.3. The number of carbonyl (C=O) groups excluding carboxylic acids is 1. The molecule has 136 valence electrons. The van der Waals surface area contributed by atoms with Gasteiger partial charge in [-0.1, -0.05) is 20.8 Å². The molecule has 1 rings (SSSR count). The summed E-state index contributed by atoms with van der Waals surface area (Å²) >= 11 is 0. The zero-order chi connectivity index (χ0) is 17.8. The second-order valence-electron chi connectivity index (χ2n) is 7.49. The highest BCUT2D eigenvalue weighted by Gasteiger charge is 2.47. The summed E-state index contributed by atoms with van der Waals surface area (Å²) in [5, 5.41) is 0.131. The summed E-state index contributed by atoms with van der Waals surface area (Å²) < 4.78 is 28.4. The summed E-state index contributed by atoms with van der Waals surface area (Å²) in [5.74, 6) is -0.335. The Morgan fingerprint density at radius 1 is 1.04 bits per heavy atom. The average molecular weight is 349 g/mol. The summed E-state index contributed by atoms with van der Waals surface area (Å²) in [6, 6.07) is 0. The van der Waals surface area contributed by atoms with Gasteiger partial charge in [0.05, 0.1) is 6.61 Å². The lowest BCUT2D eigenvalue weighted by Gasteiger charge is -2.37. The van der Waals surface area contributed by atoms with Crippen molar-refractivity contribution in [2.75, 3.05) is 27.4 Å². The minimum Gasteiger partial charge on any atom is -0.463 e. The second kappa shape index (κ2) is 8.07. The number of hydrogen-bond acceptors (Lipinski definition) is 6. The van der Waals surface area contributed by atoms with Gasteiger partial charge < -0.3 is 23.4 Å². The maximum absolute atomic E-state index is 11.0. The first-order chi connectivity index (χ1) is 10.5. The quantitative estimate of drug-likeness (QED) is 0.520. The Morgan fingerprint density at radius 3 is 1.91 bits per heavy atom. The number of hydrogen-bond donors (Lipinski definition) is 0. The van der Waals surface area contributed by atoms with E-state index in [-0.39, 0.29) is 42.0 Å². The summed E-state index contributed by atoms with van der Waals surface area (Å²) in [6.45, 7) is 13.0. The van der Waals surface area contributed by atoms with Crippen LogP contribution >= 0.6 is 0 Å². The third-order valence-corrected chi connectivity index (χ3v) is 9.32. The molecule has 23 heavy (non-hydrogen) atoms. The van der Waals surface area contributed by atoms with E-state index < -0.39 is 8.32 Å². The molecule has 0 amide bonds. The van der Waals surface area contributed by atoms with Crippen molar-refractivity contribution in [2.45, 2.75) is 70.2 Å². The molecule has 0 aromatic rings. The van der Waals surface area contributed by atoms with Crippen molar-refractivity contribution in [1.82, 2.24) is 0 Å². The normalized spacial score (nSPS) is 28.9. The number of esters is 1. The molecule has 0 bridgehead atoms. The molecule has 1 aliphatic rings. The van der Waals surface area contributed by atoms with Crippen LogP contribution in [0.15, 0.2) is 0 Å². The van der Waals surface area contributed by atoms with Gasteiger partial charge in [-0.05, 0) is 18.1 Å². The molecule has 0 aliphatic carbocycles. The molecule has 0 aromatic carbocycles. The van der Waals surface area contributed by atoms with Crippen molar-refractivity contribution in [2.24, 2.45) is 0 Å². The van der Waals surface area contributed by atoms with E-state index in [4.69, 9.17) is 23.4 Å². The SMILES string of the molecule is CO[C@@H]1[C@H](OC)[C@@H](CO[Si](C)(C)C(C)(C)C)O[C@@H]1COC(C)=O. The Hall–Kier alpha value is -0.473. The fourth-order valence-corrected chi connectivity index (χ4v) is 3.36. The van der Waals surface area contributed by atoms with E-state index in [1.807, 2.05) is 0 Å². The predicted molar refractivity (Wildman–Crippen MR) is 90.0 cm³/mol. The number of rotatable bonds is 7. The molecule has 6 nitrogen and oxygen atoms in total. The van der Waals surface area contributed by atoms with Gasteiger partial charge in [0, 0.05) is 21.1 Å². The molecule has 1 fully saturated rings. The molecule has 0 unspecified atom stereocenters. The summed E-state index contributed by atoms with van der Waals surface area (Å²) in [5.41, 5.74) is 0. The Bertz CT molecular complexity index is 393. The van der Waals surface area contributed by atoms with Gasteiger partial charge in [0.15, 0.2) is 8.32 Å². The third-order valence-electron chi connectivity index (χ3n) is 4.82. The van der Waals surface area contributed by atoms with Gasteiger partial charge in [-0.2, -0.15) is 0 Å². The summed E-state index contributed by atoms with van der Waals surface area (Å²) in [7, 11) is 1.37. The standard InChI is InChI=1S/C16H32O6Si/c1-11(17)20-9-12-14(18-5)15(19-6)13(22-12)10-21-23(7,8)16(2,3)4/h12-15H,9-10H2,1-8H3/t12-,13-,14+,15-/m1/s1. The topological polar surface area (TPSA) is 63.2 Å². The first-order valence-corrected chi connectivity index (χ1v) is 10.9. The highest BCUT2D eigenvalue weighted by Crippen LogP contribution is 2.37. The van der Waals surface area contributed by atoms with Gasteiger partial charge in [0.1, 0.15) is 31.0 Å². The predicted octanol–water partition coefficient (Wildman–Crippen LogP) is 2.37. The lowest BCUT2D eigenvalue weighted by molar-refractivity contribution is -0.147. The maximum atomic E-state index is 11.0. The van der Waals surface area contributed by atoms with E-state index in [9.17, 15) is 4.79 Å². The molecular formula is C16H32O6Si. The van der Waals surface area contributed by atoms with Crippen molar-refractivity contribution < 1.29 is 28.2 Å². The average Bonchev–Trinajstić information content (AvgIpc) is 2.78. The van der Waals surface area contributed by atoms with Crippen LogP contribution in [0.25, 0.3) is 0 Å². The van der Waals surface area contributed by atoms with Gasteiger partial charge in [-0.3, -0.25) is 4.79 Å². The van der Waals surface area contributed by atoms with E-state index in [0.717, 1.165) is 0 Å². The van der Waals surface area contributed by atoms with Gasteiger partial charge >= 0.3 is 5.97 Å². The van der Waals surface area contributed by atoms with Gasteiger partial charge in [-0.25, -0.2) is 0 Å². The first-order valence-electron chi connectivity index (χ1n) is 8.02.